The molecule has 4 aromatic carbocycles. The van der Waals surface area contributed by atoms with Gasteiger partial charge in [-0.05, 0) is 53.9 Å². The first kappa shape index (κ1) is 30.4. The Kier molecular flexibility index (Phi) is 11.2. The largest absolute Gasteiger partial charge is 0.497 e. The molecule has 0 saturated carbocycles. The minimum atomic E-state index is -1.01. The second-order valence-electron chi connectivity index (χ2n) is 9.94. The van der Waals surface area contributed by atoms with Crippen LogP contribution in [0.2, 0.25) is 0 Å². The van der Waals surface area contributed by atoms with Crippen LogP contribution < -0.4 is 24.7 Å². The molecule has 0 saturated heterocycles. The average Bonchev–Trinajstić information content (AvgIpc) is 3.02. The van der Waals surface area contributed by atoms with E-state index in [4.69, 9.17) is 24.7 Å². The summed E-state index contributed by atoms with van der Waals surface area (Å²) in [5, 5.41) is 9.39. The molecule has 0 unspecified atom stereocenters. The fraction of sp³-hybridized carbons (Fsp3) is 0.265. The van der Waals surface area contributed by atoms with Crippen molar-refractivity contribution in [3.63, 3.8) is 0 Å². The van der Waals surface area contributed by atoms with Crippen LogP contribution in [0, 0.1) is 0 Å². The van der Waals surface area contributed by atoms with Gasteiger partial charge in [0.2, 0.25) is 0 Å². The molecule has 3 N–H and O–H groups in total. The minimum Gasteiger partial charge on any atom is -0.497 e. The van der Waals surface area contributed by atoms with Crippen molar-refractivity contribution in [2.75, 3.05) is 20.8 Å². The Hall–Kier alpha value is -4.53. The summed E-state index contributed by atoms with van der Waals surface area (Å²) >= 11 is 0. The summed E-state index contributed by atoms with van der Waals surface area (Å²) < 4.78 is 23.1. The zero-order valence-corrected chi connectivity index (χ0v) is 24.1. The molecule has 0 aliphatic carbocycles. The second kappa shape index (κ2) is 15.5. The molecule has 0 radical (unpaired) electrons. The Bertz CT molecular complexity index is 1350. The van der Waals surface area contributed by atoms with E-state index in [0.29, 0.717) is 39.3 Å². The van der Waals surface area contributed by atoms with Crippen molar-refractivity contribution in [1.82, 2.24) is 4.90 Å². The molecule has 0 heterocycles. The van der Waals surface area contributed by atoms with Crippen molar-refractivity contribution in [1.29, 1.82) is 0 Å². The molecule has 1 atom stereocenters. The van der Waals surface area contributed by atoms with Crippen molar-refractivity contribution >= 4 is 5.97 Å². The number of nitrogens with two attached hydrogens (primary N) is 1. The molecule has 0 bridgehead atoms. The van der Waals surface area contributed by atoms with E-state index in [0.717, 1.165) is 45.3 Å². The molecular weight excluding hydrogens is 532 g/mol. The summed E-state index contributed by atoms with van der Waals surface area (Å²) in [7, 11) is 3.28. The Morgan fingerprint density at radius 3 is 1.67 bits per heavy atom. The number of ether oxygens (including phenoxy) is 4. The van der Waals surface area contributed by atoms with Crippen LogP contribution in [0.25, 0.3) is 0 Å². The van der Waals surface area contributed by atoms with E-state index in [1.54, 1.807) is 14.2 Å². The van der Waals surface area contributed by atoms with E-state index in [1.165, 1.54) is 0 Å². The summed E-state index contributed by atoms with van der Waals surface area (Å²) in [6.07, 6.45) is 0.301. The average molecular weight is 571 g/mol. The highest BCUT2D eigenvalue weighted by molar-refractivity contribution is 5.73. The number of para-hydroxylation sites is 2. The number of hydrogen-bond donors (Lipinski definition) is 2. The summed E-state index contributed by atoms with van der Waals surface area (Å²) in [6.45, 7) is 2.32. The Labute approximate surface area is 247 Å². The van der Waals surface area contributed by atoms with Gasteiger partial charge < -0.3 is 29.8 Å². The normalized spacial score (nSPS) is 11.6. The molecule has 220 valence electrons. The molecule has 0 aliphatic rings. The van der Waals surface area contributed by atoms with Crippen molar-refractivity contribution < 1.29 is 28.8 Å². The van der Waals surface area contributed by atoms with Crippen molar-refractivity contribution in [3.05, 3.63) is 119 Å². The Balaban J connectivity index is 1.51. The van der Waals surface area contributed by atoms with Crippen molar-refractivity contribution in [2.45, 2.75) is 38.8 Å². The predicted molar refractivity (Wildman–Crippen MR) is 162 cm³/mol. The number of hydrogen-bond acceptors (Lipinski definition) is 7. The van der Waals surface area contributed by atoms with Gasteiger partial charge in [-0.15, -0.1) is 0 Å². The van der Waals surface area contributed by atoms with Crippen molar-refractivity contribution in [3.8, 4) is 23.0 Å². The molecule has 4 rings (SSSR count). The topological polar surface area (TPSA) is 103 Å². The highest BCUT2D eigenvalue weighted by Crippen LogP contribution is 2.26. The number of carbonyl (C=O) groups is 1. The smallest absolute Gasteiger partial charge is 0.320 e. The van der Waals surface area contributed by atoms with E-state index in [9.17, 15) is 9.90 Å². The number of nitrogens with zero attached hydrogens (tertiary/aromatic N) is 1. The summed E-state index contributed by atoms with van der Waals surface area (Å²) in [4.78, 5) is 13.6. The lowest BCUT2D eigenvalue weighted by molar-refractivity contribution is -0.138. The van der Waals surface area contributed by atoms with Crippen LogP contribution in [0.15, 0.2) is 97.1 Å². The molecular formula is C34H38N2O6. The van der Waals surface area contributed by atoms with Gasteiger partial charge in [0.1, 0.15) is 42.3 Å². The van der Waals surface area contributed by atoms with E-state index in [1.807, 2.05) is 97.1 Å². The van der Waals surface area contributed by atoms with Crippen LogP contribution in [-0.4, -0.2) is 42.8 Å². The predicted octanol–water partition coefficient (Wildman–Crippen LogP) is 5.67. The van der Waals surface area contributed by atoms with Gasteiger partial charge in [0.25, 0.3) is 0 Å². The number of carboxylic acid groups (broad SMARTS) is 1. The molecule has 0 fully saturated rings. The van der Waals surface area contributed by atoms with Crippen molar-refractivity contribution in [2.24, 2.45) is 5.73 Å². The van der Waals surface area contributed by atoms with E-state index in [-0.39, 0.29) is 0 Å². The molecule has 0 spiro atoms. The summed E-state index contributed by atoms with van der Waals surface area (Å²) in [5.74, 6) is 2.06. The van der Waals surface area contributed by atoms with E-state index in [2.05, 4.69) is 4.90 Å². The van der Waals surface area contributed by atoms with Gasteiger partial charge in [-0.3, -0.25) is 9.69 Å². The third kappa shape index (κ3) is 8.99. The maximum Gasteiger partial charge on any atom is 0.320 e. The molecule has 8 heteroatoms. The first-order chi connectivity index (χ1) is 20.4. The van der Waals surface area contributed by atoms with Crippen LogP contribution in [0.1, 0.15) is 28.7 Å². The van der Waals surface area contributed by atoms with Gasteiger partial charge >= 0.3 is 5.97 Å². The lowest BCUT2D eigenvalue weighted by Crippen LogP contribution is -2.35. The quantitative estimate of drug-likeness (QED) is 0.178. The highest BCUT2D eigenvalue weighted by atomic mass is 16.5. The van der Waals surface area contributed by atoms with Gasteiger partial charge in [0.05, 0.1) is 14.2 Å². The molecule has 8 nitrogen and oxygen atoms in total. The molecule has 0 amide bonds. The van der Waals surface area contributed by atoms with Gasteiger partial charge in [0.15, 0.2) is 0 Å². The maximum atomic E-state index is 11.5. The molecule has 0 aromatic heterocycles. The lowest BCUT2D eigenvalue weighted by Gasteiger charge is -2.25. The fourth-order valence-corrected chi connectivity index (χ4v) is 4.54. The van der Waals surface area contributed by atoms with Crippen LogP contribution in [0.3, 0.4) is 0 Å². The summed E-state index contributed by atoms with van der Waals surface area (Å²) in [6, 6.07) is 30.4. The standard InChI is InChI=1S/C34H38N2O6/c1-39-29-13-7-9-25(19-29)23-41-32-15-5-3-11-27(32)21-36(18-17-31(35)34(37)38)22-28-12-4-6-16-33(28)42-24-26-10-8-14-30(20-26)40-2/h3-16,19-20,31H,17-18,21-24,35H2,1-2H3,(H,37,38)/t31-/m1/s1. The SMILES string of the molecule is COc1cccc(COc2ccccc2CN(CC[C@@H](N)C(=O)O)Cc2ccccc2OCc2cccc(OC)c2)c1. The third-order valence-corrected chi connectivity index (χ3v) is 6.86. The second-order valence-corrected chi connectivity index (χ2v) is 9.94. The maximum absolute atomic E-state index is 11.5. The van der Waals surface area contributed by atoms with E-state index < -0.39 is 12.0 Å². The van der Waals surface area contributed by atoms with Gasteiger partial charge in [-0.25, -0.2) is 0 Å². The summed E-state index contributed by atoms with van der Waals surface area (Å²) in [5.41, 5.74) is 9.85. The van der Waals surface area contributed by atoms with Crippen LogP contribution in [0.4, 0.5) is 0 Å². The molecule has 42 heavy (non-hydrogen) atoms. The minimum absolute atomic E-state index is 0.301. The monoisotopic (exact) mass is 570 g/mol. The van der Waals surface area contributed by atoms with Gasteiger partial charge in [0, 0.05) is 30.8 Å². The van der Waals surface area contributed by atoms with Gasteiger partial charge in [-0.1, -0.05) is 60.7 Å². The highest BCUT2D eigenvalue weighted by Gasteiger charge is 2.18. The van der Waals surface area contributed by atoms with Crippen LogP contribution in [0.5, 0.6) is 23.0 Å². The first-order valence-corrected chi connectivity index (χ1v) is 13.8. The Morgan fingerprint density at radius 1 is 0.738 bits per heavy atom. The first-order valence-electron chi connectivity index (χ1n) is 13.8. The number of rotatable bonds is 16. The number of aliphatic carboxylic acids is 1. The zero-order chi connectivity index (χ0) is 29.7. The van der Waals surface area contributed by atoms with Crippen LogP contribution >= 0.6 is 0 Å². The van der Waals surface area contributed by atoms with Gasteiger partial charge in [-0.2, -0.15) is 0 Å². The number of methoxy groups -OCH3 is 2. The van der Waals surface area contributed by atoms with E-state index >= 15 is 0 Å². The molecule has 4 aromatic rings. The van der Waals surface area contributed by atoms with Crippen LogP contribution in [-0.2, 0) is 31.1 Å². The molecule has 0 aliphatic heterocycles. The zero-order valence-electron chi connectivity index (χ0n) is 24.1. The Morgan fingerprint density at radius 2 is 1.21 bits per heavy atom. The third-order valence-electron chi connectivity index (χ3n) is 6.86. The lowest BCUT2D eigenvalue weighted by atomic mass is 10.1. The number of carboxylic acids is 1. The number of benzene rings is 4. The fourth-order valence-electron chi connectivity index (χ4n) is 4.54.